The SMILES string of the molecule is CC(CC(=O)NCCc1ccc(F)cc1)C1CCNCC1.Cl. The fraction of sp³-hybridized carbons (Fsp3) is 0.588. The topological polar surface area (TPSA) is 41.1 Å². The van der Waals surface area contributed by atoms with Crippen LogP contribution in [0.5, 0.6) is 0 Å². The van der Waals surface area contributed by atoms with Gasteiger partial charge in [-0.15, -0.1) is 12.4 Å². The van der Waals surface area contributed by atoms with Gasteiger partial charge in [0.15, 0.2) is 0 Å². The molecule has 1 atom stereocenters. The van der Waals surface area contributed by atoms with E-state index in [1.165, 1.54) is 25.0 Å². The normalized spacial score (nSPS) is 16.6. The maximum Gasteiger partial charge on any atom is 0.220 e. The number of piperidine rings is 1. The number of nitrogens with one attached hydrogen (secondary N) is 2. The fourth-order valence-corrected chi connectivity index (χ4v) is 2.94. The second-order valence-corrected chi connectivity index (χ2v) is 6.00. The van der Waals surface area contributed by atoms with Crippen LogP contribution >= 0.6 is 12.4 Å². The Bertz CT molecular complexity index is 446. The van der Waals surface area contributed by atoms with Crippen LogP contribution in [0.1, 0.15) is 31.7 Å². The van der Waals surface area contributed by atoms with E-state index in [0.29, 0.717) is 24.8 Å². The first kappa shape index (κ1) is 18.9. The van der Waals surface area contributed by atoms with Gasteiger partial charge < -0.3 is 10.6 Å². The molecule has 1 unspecified atom stereocenters. The monoisotopic (exact) mass is 328 g/mol. The summed E-state index contributed by atoms with van der Waals surface area (Å²) in [5.74, 6) is 1.01. The third-order valence-electron chi connectivity index (χ3n) is 4.35. The standard InChI is InChI=1S/C17H25FN2O.ClH/c1-13(15-7-9-19-10-8-15)12-17(21)20-11-6-14-2-4-16(18)5-3-14;/h2-5,13,15,19H,6-12H2,1H3,(H,20,21);1H. The van der Waals surface area contributed by atoms with Gasteiger partial charge in [0.1, 0.15) is 5.82 Å². The molecule has 0 radical (unpaired) electrons. The van der Waals surface area contributed by atoms with E-state index in [1.54, 1.807) is 12.1 Å². The quantitative estimate of drug-likeness (QED) is 0.843. The third kappa shape index (κ3) is 6.32. The van der Waals surface area contributed by atoms with Gasteiger partial charge >= 0.3 is 0 Å². The molecule has 1 aromatic rings. The van der Waals surface area contributed by atoms with Crippen molar-refractivity contribution in [2.24, 2.45) is 11.8 Å². The molecule has 0 aromatic heterocycles. The van der Waals surface area contributed by atoms with Crippen molar-refractivity contribution in [2.75, 3.05) is 19.6 Å². The van der Waals surface area contributed by atoms with Crippen LogP contribution in [-0.4, -0.2) is 25.5 Å². The lowest BCUT2D eigenvalue weighted by Gasteiger charge is -2.27. The summed E-state index contributed by atoms with van der Waals surface area (Å²) in [6.07, 6.45) is 3.69. The highest BCUT2D eigenvalue weighted by Gasteiger charge is 2.21. The lowest BCUT2D eigenvalue weighted by atomic mass is 9.84. The number of carbonyl (C=O) groups excluding carboxylic acids is 1. The summed E-state index contributed by atoms with van der Waals surface area (Å²) < 4.78 is 12.8. The molecule has 22 heavy (non-hydrogen) atoms. The minimum Gasteiger partial charge on any atom is -0.356 e. The molecule has 0 bridgehead atoms. The second-order valence-electron chi connectivity index (χ2n) is 6.00. The molecule has 124 valence electrons. The van der Waals surface area contributed by atoms with E-state index in [0.717, 1.165) is 25.1 Å². The number of amides is 1. The first-order valence-corrected chi connectivity index (χ1v) is 7.87. The Kier molecular flexibility index (Phi) is 8.43. The third-order valence-corrected chi connectivity index (χ3v) is 4.35. The molecule has 0 spiro atoms. The molecule has 2 rings (SSSR count). The highest BCUT2D eigenvalue weighted by Crippen LogP contribution is 2.24. The van der Waals surface area contributed by atoms with E-state index in [1.807, 2.05) is 0 Å². The summed E-state index contributed by atoms with van der Waals surface area (Å²) in [5, 5.41) is 6.32. The van der Waals surface area contributed by atoms with E-state index in [-0.39, 0.29) is 24.1 Å². The Morgan fingerprint density at radius 1 is 1.32 bits per heavy atom. The van der Waals surface area contributed by atoms with Crippen LogP contribution in [0.25, 0.3) is 0 Å². The molecule has 1 fully saturated rings. The highest BCUT2D eigenvalue weighted by molar-refractivity contribution is 5.85. The van der Waals surface area contributed by atoms with Gasteiger partial charge in [-0.05, 0) is 61.9 Å². The van der Waals surface area contributed by atoms with Gasteiger partial charge in [-0.1, -0.05) is 19.1 Å². The Labute approximate surface area is 138 Å². The Hall–Kier alpha value is -1.13. The van der Waals surface area contributed by atoms with Crippen LogP contribution in [0.15, 0.2) is 24.3 Å². The number of rotatable bonds is 6. The van der Waals surface area contributed by atoms with E-state index in [2.05, 4.69) is 17.6 Å². The highest BCUT2D eigenvalue weighted by atomic mass is 35.5. The van der Waals surface area contributed by atoms with Gasteiger partial charge in [-0.3, -0.25) is 4.79 Å². The summed E-state index contributed by atoms with van der Waals surface area (Å²) in [6.45, 7) is 4.93. The molecule has 1 aliphatic heterocycles. The number of halogens is 2. The molecule has 0 aliphatic carbocycles. The Morgan fingerprint density at radius 2 is 1.95 bits per heavy atom. The van der Waals surface area contributed by atoms with Crippen LogP contribution in [0, 0.1) is 17.7 Å². The van der Waals surface area contributed by atoms with Crippen molar-refractivity contribution in [3.8, 4) is 0 Å². The molecule has 1 aliphatic rings. The largest absolute Gasteiger partial charge is 0.356 e. The van der Waals surface area contributed by atoms with Crippen molar-refractivity contribution in [1.82, 2.24) is 10.6 Å². The molecule has 5 heteroatoms. The Balaban J connectivity index is 0.00000242. The predicted octanol–water partition coefficient (Wildman–Crippen LogP) is 2.93. The first-order valence-electron chi connectivity index (χ1n) is 7.87. The number of hydrogen-bond acceptors (Lipinski definition) is 2. The summed E-state index contributed by atoms with van der Waals surface area (Å²) in [6, 6.07) is 6.44. The van der Waals surface area contributed by atoms with Crippen LogP contribution in [0.2, 0.25) is 0 Å². The maximum atomic E-state index is 12.8. The lowest BCUT2D eigenvalue weighted by Crippen LogP contribution is -2.34. The molecule has 1 heterocycles. The van der Waals surface area contributed by atoms with Crippen LogP contribution in [0.3, 0.4) is 0 Å². The van der Waals surface area contributed by atoms with Crippen LogP contribution < -0.4 is 10.6 Å². The fourth-order valence-electron chi connectivity index (χ4n) is 2.94. The van der Waals surface area contributed by atoms with Gasteiger partial charge in [-0.25, -0.2) is 4.39 Å². The molecule has 0 saturated carbocycles. The smallest absolute Gasteiger partial charge is 0.220 e. The predicted molar refractivity (Wildman–Crippen MR) is 89.7 cm³/mol. The summed E-state index contributed by atoms with van der Waals surface area (Å²) in [7, 11) is 0. The minimum absolute atomic E-state index is 0. The zero-order valence-corrected chi connectivity index (χ0v) is 13.9. The van der Waals surface area contributed by atoms with Crippen molar-refractivity contribution >= 4 is 18.3 Å². The molecular weight excluding hydrogens is 303 g/mol. The van der Waals surface area contributed by atoms with Crippen molar-refractivity contribution in [1.29, 1.82) is 0 Å². The molecule has 1 aromatic carbocycles. The molecular formula is C17H26ClFN2O. The second kappa shape index (κ2) is 9.80. The number of carbonyl (C=O) groups is 1. The van der Waals surface area contributed by atoms with Crippen LogP contribution in [0.4, 0.5) is 4.39 Å². The van der Waals surface area contributed by atoms with Crippen molar-refractivity contribution in [3.63, 3.8) is 0 Å². The minimum atomic E-state index is -0.224. The average molecular weight is 329 g/mol. The molecule has 2 N–H and O–H groups in total. The van der Waals surface area contributed by atoms with Crippen LogP contribution in [-0.2, 0) is 11.2 Å². The van der Waals surface area contributed by atoms with E-state index >= 15 is 0 Å². The van der Waals surface area contributed by atoms with Gasteiger partial charge in [0.2, 0.25) is 5.91 Å². The summed E-state index contributed by atoms with van der Waals surface area (Å²) in [4.78, 5) is 12.0. The zero-order chi connectivity index (χ0) is 15.1. The molecule has 1 amide bonds. The molecule has 3 nitrogen and oxygen atoms in total. The van der Waals surface area contributed by atoms with Crippen molar-refractivity contribution in [3.05, 3.63) is 35.6 Å². The van der Waals surface area contributed by atoms with E-state index in [9.17, 15) is 9.18 Å². The first-order chi connectivity index (χ1) is 10.1. The van der Waals surface area contributed by atoms with Gasteiger partial charge in [0.25, 0.3) is 0 Å². The number of benzene rings is 1. The van der Waals surface area contributed by atoms with E-state index in [4.69, 9.17) is 0 Å². The van der Waals surface area contributed by atoms with E-state index < -0.39 is 0 Å². The summed E-state index contributed by atoms with van der Waals surface area (Å²) >= 11 is 0. The summed E-state index contributed by atoms with van der Waals surface area (Å²) in [5.41, 5.74) is 1.04. The van der Waals surface area contributed by atoms with Gasteiger partial charge in [0.05, 0.1) is 0 Å². The van der Waals surface area contributed by atoms with Crippen molar-refractivity contribution < 1.29 is 9.18 Å². The van der Waals surface area contributed by atoms with Gasteiger partial charge in [-0.2, -0.15) is 0 Å². The number of hydrogen-bond donors (Lipinski definition) is 2. The Morgan fingerprint density at radius 3 is 2.59 bits per heavy atom. The zero-order valence-electron chi connectivity index (χ0n) is 13.1. The molecule has 1 saturated heterocycles. The van der Waals surface area contributed by atoms with Crippen molar-refractivity contribution in [2.45, 2.75) is 32.6 Å². The van der Waals surface area contributed by atoms with Gasteiger partial charge in [0, 0.05) is 13.0 Å². The average Bonchev–Trinajstić information content (AvgIpc) is 2.50. The lowest BCUT2D eigenvalue weighted by molar-refractivity contribution is -0.122. The maximum absolute atomic E-state index is 12.8.